The van der Waals surface area contributed by atoms with Gasteiger partial charge in [-0.05, 0) is 48.8 Å². The third kappa shape index (κ3) is 3.70. The number of rotatable bonds is 5. The van der Waals surface area contributed by atoms with Crippen LogP contribution in [-0.4, -0.2) is 26.2 Å². The van der Waals surface area contributed by atoms with Gasteiger partial charge in [0.25, 0.3) is 0 Å². The van der Waals surface area contributed by atoms with Crippen molar-refractivity contribution in [2.75, 3.05) is 25.1 Å². The first kappa shape index (κ1) is 14.7. The molecule has 1 heterocycles. The molecule has 1 saturated heterocycles. The maximum Gasteiger partial charge on any atom is 0.142 e. The van der Waals surface area contributed by atoms with Crippen LogP contribution >= 0.6 is 0 Å². The fourth-order valence-electron chi connectivity index (χ4n) is 3.50. The Morgan fingerprint density at radius 1 is 1.19 bits per heavy atom. The molecule has 0 aromatic heterocycles. The summed E-state index contributed by atoms with van der Waals surface area (Å²) in [6.07, 6.45) is 4.00. The second-order valence-corrected chi connectivity index (χ2v) is 7.01. The van der Waals surface area contributed by atoms with E-state index in [1.54, 1.807) is 7.11 Å². The minimum Gasteiger partial charge on any atom is -0.495 e. The number of anilines is 1. The molecule has 2 unspecified atom stereocenters. The fraction of sp³-hybridized carbons (Fsp3) is 0.667. The maximum absolute atomic E-state index is 5.66. The van der Waals surface area contributed by atoms with E-state index in [1.165, 1.54) is 30.5 Å². The largest absolute Gasteiger partial charge is 0.495 e. The van der Waals surface area contributed by atoms with Crippen molar-refractivity contribution in [3.05, 3.63) is 23.8 Å². The number of nitrogens with one attached hydrogen (secondary N) is 1. The smallest absolute Gasteiger partial charge is 0.142 e. The van der Waals surface area contributed by atoms with Crippen LogP contribution in [0.3, 0.4) is 0 Å². The first-order valence-electron chi connectivity index (χ1n) is 8.31. The van der Waals surface area contributed by atoms with Crippen LogP contribution in [0.15, 0.2) is 18.2 Å². The Hall–Kier alpha value is -1.22. The van der Waals surface area contributed by atoms with Gasteiger partial charge in [0.05, 0.1) is 12.8 Å². The van der Waals surface area contributed by atoms with Gasteiger partial charge in [0.2, 0.25) is 0 Å². The molecule has 2 aliphatic rings. The van der Waals surface area contributed by atoms with Crippen molar-refractivity contribution >= 4 is 5.69 Å². The summed E-state index contributed by atoms with van der Waals surface area (Å²) in [5.74, 6) is 2.54. The number of methoxy groups -OCH3 is 1. The second-order valence-electron chi connectivity index (χ2n) is 7.01. The van der Waals surface area contributed by atoms with Crippen molar-refractivity contribution in [1.29, 1.82) is 0 Å². The summed E-state index contributed by atoms with van der Waals surface area (Å²) in [4.78, 5) is 2.50. The maximum atomic E-state index is 5.66. The van der Waals surface area contributed by atoms with Crippen LogP contribution in [0.4, 0.5) is 5.69 Å². The first-order chi connectivity index (χ1) is 10.2. The normalized spacial score (nSPS) is 26.0. The molecule has 1 aliphatic carbocycles. The van der Waals surface area contributed by atoms with Gasteiger partial charge in [0, 0.05) is 25.7 Å². The van der Waals surface area contributed by atoms with Gasteiger partial charge >= 0.3 is 0 Å². The van der Waals surface area contributed by atoms with Gasteiger partial charge in [0.15, 0.2) is 0 Å². The molecule has 0 amide bonds. The Kier molecular flexibility index (Phi) is 4.39. The third-order valence-corrected chi connectivity index (χ3v) is 4.63. The quantitative estimate of drug-likeness (QED) is 0.898. The van der Waals surface area contributed by atoms with E-state index in [-0.39, 0.29) is 0 Å². The molecule has 3 rings (SSSR count). The van der Waals surface area contributed by atoms with E-state index >= 15 is 0 Å². The number of piperidine rings is 1. The van der Waals surface area contributed by atoms with Crippen LogP contribution in [0.5, 0.6) is 5.75 Å². The lowest BCUT2D eigenvalue weighted by molar-refractivity contribution is 0.351. The van der Waals surface area contributed by atoms with Crippen LogP contribution < -0.4 is 15.0 Å². The van der Waals surface area contributed by atoms with Gasteiger partial charge in [-0.2, -0.15) is 0 Å². The Bertz CT molecular complexity index is 474. The molecule has 2 fully saturated rings. The Morgan fingerprint density at radius 2 is 1.90 bits per heavy atom. The molecule has 3 heteroatoms. The molecular weight excluding hydrogens is 260 g/mol. The molecule has 1 N–H and O–H groups in total. The highest BCUT2D eigenvalue weighted by atomic mass is 16.5. The van der Waals surface area contributed by atoms with Crippen molar-refractivity contribution in [2.45, 2.75) is 45.7 Å². The summed E-state index contributed by atoms with van der Waals surface area (Å²) < 4.78 is 5.66. The van der Waals surface area contributed by atoms with Crippen LogP contribution in [-0.2, 0) is 6.54 Å². The molecule has 116 valence electrons. The van der Waals surface area contributed by atoms with E-state index in [9.17, 15) is 0 Å². The Labute approximate surface area is 128 Å². The average molecular weight is 288 g/mol. The number of ether oxygens (including phenoxy) is 1. The van der Waals surface area contributed by atoms with Crippen LogP contribution in [0.2, 0.25) is 0 Å². The third-order valence-electron chi connectivity index (χ3n) is 4.63. The summed E-state index contributed by atoms with van der Waals surface area (Å²) >= 11 is 0. The van der Waals surface area contributed by atoms with Crippen molar-refractivity contribution in [2.24, 2.45) is 11.8 Å². The molecule has 1 aromatic carbocycles. The molecule has 1 saturated carbocycles. The first-order valence-corrected chi connectivity index (χ1v) is 8.31. The molecule has 21 heavy (non-hydrogen) atoms. The summed E-state index contributed by atoms with van der Waals surface area (Å²) in [6.45, 7) is 7.93. The topological polar surface area (TPSA) is 24.5 Å². The summed E-state index contributed by atoms with van der Waals surface area (Å²) in [5, 5.41) is 3.57. The monoisotopic (exact) mass is 288 g/mol. The van der Waals surface area contributed by atoms with E-state index in [4.69, 9.17) is 4.74 Å². The minimum atomic E-state index is 0.750. The molecule has 1 aromatic rings. The van der Waals surface area contributed by atoms with E-state index in [1.807, 2.05) is 0 Å². The lowest BCUT2D eigenvalue weighted by Gasteiger charge is -2.37. The van der Waals surface area contributed by atoms with Crippen molar-refractivity contribution in [1.82, 2.24) is 5.32 Å². The van der Waals surface area contributed by atoms with Gasteiger partial charge in [-0.25, -0.2) is 0 Å². The van der Waals surface area contributed by atoms with Gasteiger partial charge in [-0.1, -0.05) is 19.9 Å². The zero-order valence-electron chi connectivity index (χ0n) is 13.6. The predicted molar refractivity (Wildman–Crippen MR) is 88.0 cm³/mol. The van der Waals surface area contributed by atoms with Crippen molar-refractivity contribution in [3.63, 3.8) is 0 Å². The van der Waals surface area contributed by atoms with Crippen molar-refractivity contribution in [3.8, 4) is 5.75 Å². The lowest BCUT2D eigenvalue weighted by atomic mass is 9.91. The lowest BCUT2D eigenvalue weighted by Crippen LogP contribution is -2.38. The number of hydrogen-bond acceptors (Lipinski definition) is 3. The van der Waals surface area contributed by atoms with Crippen LogP contribution in [0.25, 0.3) is 0 Å². The highest BCUT2D eigenvalue weighted by molar-refractivity contribution is 5.60. The van der Waals surface area contributed by atoms with Crippen LogP contribution in [0, 0.1) is 11.8 Å². The van der Waals surface area contributed by atoms with E-state index < -0.39 is 0 Å². The zero-order chi connectivity index (χ0) is 14.8. The summed E-state index contributed by atoms with van der Waals surface area (Å²) in [6, 6.07) is 7.44. The van der Waals surface area contributed by atoms with E-state index in [2.05, 4.69) is 42.3 Å². The second kappa shape index (κ2) is 6.27. The van der Waals surface area contributed by atoms with Crippen molar-refractivity contribution < 1.29 is 4.74 Å². The molecule has 1 aliphatic heterocycles. The number of hydrogen-bond donors (Lipinski definition) is 1. The predicted octanol–water partition coefficient (Wildman–Crippen LogP) is 3.43. The molecule has 2 atom stereocenters. The Morgan fingerprint density at radius 3 is 2.52 bits per heavy atom. The SMILES string of the molecule is COc1cc(CNC2CC2)ccc1N1CC(C)CC(C)C1. The molecule has 0 radical (unpaired) electrons. The van der Waals surface area contributed by atoms with Gasteiger partial charge in [0.1, 0.15) is 5.75 Å². The van der Waals surface area contributed by atoms with Gasteiger partial charge in [-0.3, -0.25) is 0 Å². The molecule has 3 nitrogen and oxygen atoms in total. The van der Waals surface area contributed by atoms with E-state index in [0.29, 0.717) is 0 Å². The zero-order valence-corrected chi connectivity index (χ0v) is 13.6. The minimum absolute atomic E-state index is 0.750. The van der Waals surface area contributed by atoms with E-state index in [0.717, 1.165) is 43.3 Å². The number of nitrogens with zero attached hydrogens (tertiary/aromatic N) is 1. The molecule has 0 bridgehead atoms. The molecular formula is C18H28N2O. The summed E-state index contributed by atoms with van der Waals surface area (Å²) in [5.41, 5.74) is 2.58. The van der Waals surface area contributed by atoms with Crippen LogP contribution in [0.1, 0.15) is 38.7 Å². The highest BCUT2D eigenvalue weighted by Gasteiger charge is 2.24. The average Bonchev–Trinajstić information content (AvgIpc) is 3.28. The highest BCUT2D eigenvalue weighted by Crippen LogP contribution is 2.34. The Balaban J connectivity index is 1.74. The standard InChI is InChI=1S/C18H28N2O/c1-13-8-14(2)12-20(11-13)17-7-4-15(9-18(17)21-3)10-19-16-5-6-16/h4,7,9,13-14,16,19H,5-6,8,10-12H2,1-3H3. The van der Waals surface area contributed by atoms with Gasteiger partial charge < -0.3 is 15.0 Å². The molecule has 0 spiro atoms. The van der Waals surface area contributed by atoms with Gasteiger partial charge in [-0.15, -0.1) is 0 Å². The fourth-order valence-corrected chi connectivity index (χ4v) is 3.50. The summed E-state index contributed by atoms with van der Waals surface area (Å²) in [7, 11) is 1.79. The number of benzene rings is 1.